The number of aliphatic carboxylic acids is 1. The van der Waals surface area contributed by atoms with E-state index in [2.05, 4.69) is 55.5 Å². The number of aromatic nitrogens is 1. The van der Waals surface area contributed by atoms with Crippen LogP contribution < -0.4 is 5.32 Å². The third-order valence-electron chi connectivity index (χ3n) is 6.59. The molecule has 204 valence electrons. The number of nitrogens with zero attached hydrogens (tertiary/aromatic N) is 1. The van der Waals surface area contributed by atoms with E-state index < -0.39 is 5.97 Å². The third-order valence-corrected chi connectivity index (χ3v) is 6.90. The summed E-state index contributed by atoms with van der Waals surface area (Å²) in [5.74, 6) is 1.24. The standard InChI is InChI=1S/C21H27NO3.C10H12ClNO/c1-13(2)11-15-5-4-6-17(12-15)21-19(16-8-9-16)20(22-25-21)14(3)7-10-18(23)24;1-3-8-4-5-10(9(11)6-8)12-7(2)13/h4-6,12-14,16H,7-11H2,1-3H3,(H,23,24);4-6H,3H2,1-2H3,(H,12,13). The van der Waals surface area contributed by atoms with Crippen molar-refractivity contribution in [3.8, 4) is 11.3 Å². The number of aryl methyl sites for hydroxylation is 1. The van der Waals surface area contributed by atoms with E-state index in [4.69, 9.17) is 21.2 Å². The molecule has 0 saturated heterocycles. The Balaban J connectivity index is 0.000000260. The molecular formula is C31H39ClN2O4. The van der Waals surface area contributed by atoms with Gasteiger partial charge in [-0.05, 0) is 73.3 Å². The smallest absolute Gasteiger partial charge is 0.303 e. The van der Waals surface area contributed by atoms with Gasteiger partial charge < -0.3 is 14.9 Å². The number of carboxylic acid groups (broad SMARTS) is 1. The van der Waals surface area contributed by atoms with Crippen molar-refractivity contribution in [1.82, 2.24) is 5.16 Å². The van der Waals surface area contributed by atoms with Crippen LogP contribution in [0.25, 0.3) is 11.3 Å². The van der Waals surface area contributed by atoms with E-state index in [0.29, 0.717) is 29.0 Å². The van der Waals surface area contributed by atoms with Crippen LogP contribution in [0.4, 0.5) is 5.69 Å². The molecule has 1 aliphatic rings. The van der Waals surface area contributed by atoms with Crippen molar-refractivity contribution in [2.24, 2.45) is 5.92 Å². The minimum Gasteiger partial charge on any atom is -0.481 e. The predicted octanol–water partition coefficient (Wildman–Crippen LogP) is 8.25. The minimum absolute atomic E-state index is 0.100. The molecule has 38 heavy (non-hydrogen) atoms. The first-order valence-electron chi connectivity index (χ1n) is 13.5. The molecular weight excluding hydrogens is 500 g/mol. The number of halogens is 1. The Morgan fingerprint density at radius 1 is 1.13 bits per heavy atom. The number of benzene rings is 2. The highest BCUT2D eigenvalue weighted by molar-refractivity contribution is 6.33. The quantitative estimate of drug-likeness (QED) is 0.271. The van der Waals surface area contributed by atoms with Crippen LogP contribution in [0.15, 0.2) is 47.0 Å². The minimum atomic E-state index is -0.759. The van der Waals surface area contributed by atoms with Crippen molar-refractivity contribution >= 4 is 29.2 Å². The molecule has 1 unspecified atom stereocenters. The van der Waals surface area contributed by atoms with Gasteiger partial charge in [0.1, 0.15) is 0 Å². The first-order valence-corrected chi connectivity index (χ1v) is 13.8. The molecule has 1 aromatic heterocycles. The van der Waals surface area contributed by atoms with Gasteiger partial charge in [0, 0.05) is 30.4 Å². The molecule has 1 amide bonds. The molecule has 1 atom stereocenters. The molecule has 2 aromatic carbocycles. The molecule has 6 nitrogen and oxygen atoms in total. The zero-order chi connectivity index (χ0) is 27.8. The topological polar surface area (TPSA) is 92.4 Å². The zero-order valence-corrected chi connectivity index (χ0v) is 23.8. The van der Waals surface area contributed by atoms with E-state index in [1.54, 1.807) is 0 Å². The van der Waals surface area contributed by atoms with Crippen LogP contribution in [0.5, 0.6) is 0 Å². The van der Waals surface area contributed by atoms with Gasteiger partial charge in [-0.25, -0.2) is 0 Å². The first kappa shape index (κ1) is 29.4. The highest BCUT2D eigenvalue weighted by Gasteiger charge is 2.34. The largest absolute Gasteiger partial charge is 0.481 e. The summed E-state index contributed by atoms with van der Waals surface area (Å²) in [6.07, 6.45) is 5.07. The van der Waals surface area contributed by atoms with E-state index in [9.17, 15) is 9.59 Å². The van der Waals surface area contributed by atoms with Crippen molar-refractivity contribution in [3.05, 3.63) is 69.9 Å². The lowest BCUT2D eigenvalue weighted by atomic mass is 9.92. The Hall–Kier alpha value is -3.12. The van der Waals surface area contributed by atoms with Crippen molar-refractivity contribution in [2.45, 2.75) is 85.0 Å². The lowest BCUT2D eigenvalue weighted by Gasteiger charge is -2.10. The summed E-state index contributed by atoms with van der Waals surface area (Å²) in [6.45, 7) is 10.0. The average Bonchev–Trinajstić information content (AvgIpc) is 3.61. The van der Waals surface area contributed by atoms with Crippen LogP contribution in [-0.2, 0) is 22.4 Å². The molecule has 7 heteroatoms. The molecule has 3 aromatic rings. The number of carbonyl (C=O) groups is 2. The molecule has 0 radical (unpaired) electrons. The molecule has 1 fully saturated rings. The van der Waals surface area contributed by atoms with Gasteiger partial charge in [0.2, 0.25) is 5.91 Å². The fraction of sp³-hybridized carbons (Fsp3) is 0.452. The fourth-order valence-electron chi connectivity index (χ4n) is 4.50. The zero-order valence-electron chi connectivity index (χ0n) is 23.0. The lowest BCUT2D eigenvalue weighted by molar-refractivity contribution is -0.137. The van der Waals surface area contributed by atoms with Crippen LogP contribution in [0.1, 0.15) is 94.5 Å². The van der Waals surface area contributed by atoms with E-state index in [0.717, 1.165) is 29.9 Å². The van der Waals surface area contributed by atoms with E-state index in [-0.39, 0.29) is 18.2 Å². The van der Waals surface area contributed by atoms with Crippen molar-refractivity contribution in [1.29, 1.82) is 0 Å². The summed E-state index contributed by atoms with van der Waals surface area (Å²) in [7, 11) is 0. The molecule has 2 N–H and O–H groups in total. The second kappa shape index (κ2) is 13.6. The second-order valence-corrected chi connectivity index (χ2v) is 11.0. The number of hydrogen-bond acceptors (Lipinski definition) is 4. The maximum atomic E-state index is 10.9. The Labute approximate surface area is 230 Å². The molecule has 1 saturated carbocycles. The van der Waals surface area contributed by atoms with Gasteiger partial charge in [-0.3, -0.25) is 9.59 Å². The molecule has 0 aliphatic heterocycles. The Bertz CT molecular complexity index is 1250. The van der Waals surface area contributed by atoms with Gasteiger partial charge in [-0.15, -0.1) is 0 Å². The monoisotopic (exact) mass is 538 g/mol. The number of anilines is 1. The summed E-state index contributed by atoms with van der Waals surface area (Å²) >= 11 is 5.94. The normalized spacial score (nSPS) is 13.6. The molecule has 1 aliphatic carbocycles. The third kappa shape index (κ3) is 8.45. The average molecular weight is 539 g/mol. The van der Waals surface area contributed by atoms with Gasteiger partial charge in [0.05, 0.1) is 16.4 Å². The van der Waals surface area contributed by atoms with Crippen LogP contribution in [0.3, 0.4) is 0 Å². The maximum absolute atomic E-state index is 10.9. The lowest BCUT2D eigenvalue weighted by Crippen LogP contribution is -2.06. The number of amides is 1. The first-order chi connectivity index (χ1) is 18.1. The predicted molar refractivity (Wildman–Crippen MR) is 153 cm³/mol. The van der Waals surface area contributed by atoms with Crippen LogP contribution in [0.2, 0.25) is 5.02 Å². The van der Waals surface area contributed by atoms with Crippen molar-refractivity contribution in [2.75, 3.05) is 5.32 Å². The number of carboxylic acids is 1. The highest BCUT2D eigenvalue weighted by Crippen LogP contribution is 2.48. The van der Waals surface area contributed by atoms with Crippen molar-refractivity contribution < 1.29 is 19.2 Å². The van der Waals surface area contributed by atoms with E-state index in [1.165, 1.54) is 36.5 Å². The van der Waals surface area contributed by atoms with Gasteiger partial charge in [-0.2, -0.15) is 0 Å². The SMILES string of the molecule is CC(C)Cc1cccc(-c2onc(C(C)CCC(=O)O)c2C2CC2)c1.CCc1ccc(NC(C)=O)c(Cl)c1. The van der Waals surface area contributed by atoms with Gasteiger partial charge in [0.25, 0.3) is 0 Å². The fourth-order valence-corrected chi connectivity index (χ4v) is 4.75. The van der Waals surface area contributed by atoms with Crippen LogP contribution >= 0.6 is 11.6 Å². The van der Waals surface area contributed by atoms with Crippen LogP contribution in [0, 0.1) is 5.92 Å². The highest BCUT2D eigenvalue weighted by atomic mass is 35.5. The summed E-state index contributed by atoms with van der Waals surface area (Å²) in [4.78, 5) is 21.6. The van der Waals surface area contributed by atoms with Gasteiger partial charge >= 0.3 is 5.97 Å². The van der Waals surface area contributed by atoms with Crippen molar-refractivity contribution in [3.63, 3.8) is 0 Å². The Kier molecular flexibility index (Phi) is 10.5. The summed E-state index contributed by atoms with van der Waals surface area (Å²) < 4.78 is 5.77. The van der Waals surface area contributed by atoms with Gasteiger partial charge in [0.15, 0.2) is 5.76 Å². The summed E-state index contributed by atoms with van der Waals surface area (Å²) in [5, 5.41) is 16.5. The Morgan fingerprint density at radius 2 is 1.87 bits per heavy atom. The van der Waals surface area contributed by atoms with Gasteiger partial charge in [-0.1, -0.05) is 68.7 Å². The van der Waals surface area contributed by atoms with Crippen LogP contribution in [-0.4, -0.2) is 22.1 Å². The number of nitrogens with one attached hydrogen (secondary N) is 1. The molecule has 4 rings (SSSR count). The molecule has 0 bridgehead atoms. The maximum Gasteiger partial charge on any atom is 0.303 e. The molecule has 1 heterocycles. The van der Waals surface area contributed by atoms with E-state index >= 15 is 0 Å². The number of rotatable bonds is 10. The number of hydrogen-bond donors (Lipinski definition) is 2. The summed E-state index contributed by atoms with van der Waals surface area (Å²) in [6, 6.07) is 14.2. The number of carbonyl (C=O) groups excluding carboxylic acids is 1. The van der Waals surface area contributed by atoms with E-state index in [1.807, 2.05) is 25.1 Å². The Morgan fingerprint density at radius 3 is 2.45 bits per heavy atom. The second-order valence-electron chi connectivity index (χ2n) is 10.6. The molecule has 0 spiro atoms. The summed E-state index contributed by atoms with van der Waals surface area (Å²) in [5.41, 5.74) is 6.40.